The molecule has 122 valence electrons. The van der Waals surface area contributed by atoms with Crippen molar-refractivity contribution in [2.24, 2.45) is 0 Å². The highest BCUT2D eigenvalue weighted by Crippen LogP contribution is 2.20. The number of halogens is 3. The van der Waals surface area contributed by atoms with Crippen LogP contribution in [0.15, 0.2) is 36.4 Å². The average Bonchev–Trinajstić information content (AvgIpc) is 2.52. The summed E-state index contributed by atoms with van der Waals surface area (Å²) in [5.41, 5.74) is -0.0325. The third-order valence-electron chi connectivity index (χ3n) is 2.81. The van der Waals surface area contributed by atoms with Gasteiger partial charge in [0.2, 0.25) is 0 Å². The molecule has 0 spiro atoms. The van der Waals surface area contributed by atoms with E-state index in [2.05, 4.69) is 10.1 Å². The summed E-state index contributed by atoms with van der Waals surface area (Å²) in [6, 6.07) is 8.30. The Kier molecular flexibility index (Phi) is 5.45. The normalized spacial score (nSPS) is 9.92. The first-order valence-electron chi connectivity index (χ1n) is 6.52. The summed E-state index contributed by atoms with van der Waals surface area (Å²) in [5, 5.41) is 11.6. The zero-order chi connectivity index (χ0) is 17.7. The monoisotopic (exact) mass is 350 g/mol. The van der Waals surface area contributed by atoms with Gasteiger partial charge in [-0.05, 0) is 30.3 Å². The largest absolute Gasteiger partial charge is 0.452 e. The van der Waals surface area contributed by atoms with E-state index >= 15 is 0 Å². The summed E-state index contributed by atoms with van der Waals surface area (Å²) in [6.45, 7) is -0.700. The van der Waals surface area contributed by atoms with Crippen LogP contribution in [0.25, 0.3) is 0 Å². The van der Waals surface area contributed by atoms with E-state index in [-0.39, 0.29) is 16.8 Å². The van der Waals surface area contributed by atoms with Crippen LogP contribution in [0.5, 0.6) is 0 Å². The third kappa shape index (κ3) is 4.51. The summed E-state index contributed by atoms with van der Waals surface area (Å²) in [7, 11) is 0. The second kappa shape index (κ2) is 7.53. The Morgan fingerprint density at radius 2 is 1.83 bits per heavy atom. The van der Waals surface area contributed by atoms with Crippen molar-refractivity contribution in [1.29, 1.82) is 5.26 Å². The molecule has 2 rings (SSSR count). The van der Waals surface area contributed by atoms with Crippen LogP contribution in [0.2, 0.25) is 5.02 Å². The summed E-state index contributed by atoms with van der Waals surface area (Å²) in [6.07, 6.45) is 0. The summed E-state index contributed by atoms with van der Waals surface area (Å²) < 4.78 is 30.7. The van der Waals surface area contributed by atoms with Crippen molar-refractivity contribution in [2.45, 2.75) is 0 Å². The number of hydrogen-bond acceptors (Lipinski definition) is 4. The van der Waals surface area contributed by atoms with E-state index in [1.807, 2.05) is 6.07 Å². The predicted molar refractivity (Wildman–Crippen MR) is 81.4 cm³/mol. The second-order valence-electron chi connectivity index (χ2n) is 4.58. The van der Waals surface area contributed by atoms with Gasteiger partial charge in [-0.25, -0.2) is 13.6 Å². The molecule has 0 saturated heterocycles. The highest BCUT2D eigenvalue weighted by Gasteiger charge is 2.14. The highest BCUT2D eigenvalue weighted by atomic mass is 35.5. The molecule has 2 aromatic rings. The number of hydrogen-bond donors (Lipinski definition) is 1. The number of ether oxygens (including phenoxy) is 1. The molecule has 0 unspecified atom stereocenters. The minimum atomic E-state index is -1.06. The molecule has 0 bridgehead atoms. The lowest BCUT2D eigenvalue weighted by Crippen LogP contribution is -2.21. The molecule has 0 aromatic heterocycles. The number of nitrogens with one attached hydrogen (secondary N) is 1. The fraction of sp³-hybridized carbons (Fsp3) is 0.0625. The number of anilines is 1. The standard InChI is InChI=1S/C16H9ClF2N2O3/c17-11-2-1-9(7-20)14(5-11)21-15(22)8-24-16(23)10-3-12(18)6-13(19)4-10/h1-6H,8H2,(H,21,22). The highest BCUT2D eigenvalue weighted by molar-refractivity contribution is 6.31. The van der Waals surface area contributed by atoms with Crippen LogP contribution in [0, 0.1) is 23.0 Å². The molecule has 0 aliphatic heterocycles. The predicted octanol–water partition coefficient (Wildman–Crippen LogP) is 3.29. The van der Waals surface area contributed by atoms with E-state index in [4.69, 9.17) is 16.9 Å². The number of carbonyl (C=O) groups is 2. The van der Waals surface area contributed by atoms with Gasteiger partial charge in [0.15, 0.2) is 6.61 Å². The van der Waals surface area contributed by atoms with E-state index in [0.717, 1.165) is 12.1 Å². The lowest BCUT2D eigenvalue weighted by Gasteiger charge is -2.08. The Morgan fingerprint density at radius 1 is 1.17 bits per heavy atom. The van der Waals surface area contributed by atoms with Crippen molar-refractivity contribution < 1.29 is 23.1 Å². The first-order chi connectivity index (χ1) is 11.4. The lowest BCUT2D eigenvalue weighted by atomic mass is 10.2. The number of benzene rings is 2. The minimum Gasteiger partial charge on any atom is -0.452 e. The van der Waals surface area contributed by atoms with Crippen LogP contribution >= 0.6 is 11.6 Å². The fourth-order valence-electron chi connectivity index (χ4n) is 1.79. The van der Waals surface area contributed by atoms with Crippen molar-refractivity contribution in [3.05, 3.63) is 64.2 Å². The maximum Gasteiger partial charge on any atom is 0.338 e. The number of nitriles is 1. The number of nitrogens with zero attached hydrogens (tertiary/aromatic N) is 1. The van der Waals surface area contributed by atoms with Gasteiger partial charge in [-0.1, -0.05) is 11.6 Å². The SMILES string of the molecule is N#Cc1ccc(Cl)cc1NC(=O)COC(=O)c1cc(F)cc(F)c1. The number of esters is 1. The molecule has 0 fully saturated rings. The lowest BCUT2D eigenvalue weighted by molar-refractivity contribution is -0.119. The Labute approximate surface area is 140 Å². The Morgan fingerprint density at radius 3 is 2.46 bits per heavy atom. The van der Waals surface area contributed by atoms with Gasteiger partial charge in [0, 0.05) is 11.1 Å². The number of carbonyl (C=O) groups excluding carboxylic acids is 2. The van der Waals surface area contributed by atoms with E-state index < -0.39 is 30.1 Å². The van der Waals surface area contributed by atoms with Gasteiger partial charge in [0.25, 0.3) is 5.91 Å². The summed E-state index contributed by atoms with van der Waals surface area (Å²) in [5.74, 6) is -3.68. The van der Waals surface area contributed by atoms with Crippen molar-refractivity contribution >= 4 is 29.2 Å². The zero-order valence-corrected chi connectivity index (χ0v) is 12.7. The van der Waals surface area contributed by atoms with Gasteiger partial charge in [0.05, 0.1) is 16.8 Å². The van der Waals surface area contributed by atoms with Crippen molar-refractivity contribution in [2.75, 3.05) is 11.9 Å². The molecule has 8 heteroatoms. The first kappa shape index (κ1) is 17.4. The molecule has 0 aliphatic carbocycles. The van der Waals surface area contributed by atoms with Crippen LogP contribution in [0.1, 0.15) is 15.9 Å². The van der Waals surface area contributed by atoms with Gasteiger partial charge >= 0.3 is 5.97 Å². The number of rotatable bonds is 4. The molecule has 24 heavy (non-hydrogen) atoms. The molecule has 0 radical (unpaired) electrons. The van der Waals surface area contributed by atoms with Crippen LogP contribution in [0.3, 0.4) is 0 Å². The van der Waals surface area contributed by atoms with Gasteiger partial charge in [-0.15, -0.1) is 0 Å². The van der Waals surface area contributed by atoms with Crippen LogP contribution in [-0.2, 0) is 9.53 Å². The molecule has 0 aliphatic rings. The smallest absolute Gasteiger partial charge is 0.338 e. The minimum absolute atomic E-state index is 0.155. The molecule has 1 amide bonds. The molecule has 0 saturated carbocycles. The van der Waals surface area contributed by atoms with Crippen molar-refractivity contribution in [3.8, 4) is 6.07 Å². The van der Waals surface area contributed by atoms with Crippen LogP contribution < -0.4 is 5.32 Å². The summed E-state index contributed by atoms with van der Waals surface area (Å²) in [4.78, 5) is 23.4. The van der Waals surface area contributed by atoms with Gasteiger partial charge in [-0.3, -0.25) is 4.79 Å². The van der Waals surface area contributed by atoms with E-state index in [1.54, 1.807) is 0 Å². The van der Waals surface area contributed by atoms with Gasteiger partial charge in [-0.2, -0.15) is 5.26 Å². The molecule has 1 N–H and O–H groups in total. The van der Waals surface area contributed by atoms with Crippen molar-refractivity contribution in [1.82, 2.24) is 0 Å². The zero-order valence-electron chi connectivity index (χ0n) is 12.0. The van der Waals surface area contributed by atoms with E-state index in [9.17, 15) is 18.4 Å². The Balaban J connectivity index is 2.00. The van der Waals surface area contributed by atoms with Gasteiger partial charge < -0.3 is 10.1 Å². The quantitative estimate of drug-likeness (QED) is 0.858. The molecule has 0 atom stereocenters. The maximum absolute atomic E-state index is 13.0. The second-order valence-corrected chi connectivity index (χ2v) is 5.02. The van der Waals surface area contributed by atoms with E-state index in [0.29, 0.717) is 11.1 Å². The van der Waals surface area contributed by atoms with Crippen LogP contribution in [-0.4, -0.2) is 18.5 Å². The van der Waals surface area contributed by atoms with Crippen molar-refractivity contribution in [3.63, 3.8) is 0 Å². The molecular formula is C16H9ClF2N2O3. The topological polar surface area (TPSA) is 79.2 Å². The molecule has 5 nitrogen and oxygen atoms in total. The van der Waals surface area contributed by atoms with Crippen LogP contribution in [0.4, 0.5) is 14.5 Å². The Bertz CT molecular complexity index is 829. The average molecular weight is 351 g/mol. The molecular weight excluding hydrogens is 342 g/mol. The molecule has 2 aromatic carbocycles. The fourth-order valence-corrected chi connectivity index (χ4v) is 1.96. The maximum atomic E-state index is 13.0. The van der Waals surface area contributed by atoms with Gasteiger partial charge in [0.1, 0.15) is 17.7 Å². The first-order valence-corrected chi connectivity index (χ1v) is 6.89. The summed E-state index contributed by atoms with van der Waals surface area (Å²) >= 11 is 5.78. The third-order valence-corrected chi connectivity index (χ3v) is 3.04. The Hall–Kier alpha value is -2.98. The van der Waals surface area contributed by atoms with E-state index in [1.165, 1.54) is 18.2 Å². The number of amides is 1. The molecule has 0 heterocycles.